The number of hydrogen-bond donors (Lipinski definition) is 0. The van der Waals surface area contributed by atoms with Crippen LogP contribution in [0.2, 0.25) is 0 Å². The molecule has 0 radical (unpaired) electrons. The smallest absolute Gasteiger partial charge is 0.163 e. The molecule has 38 heavy (non-hydrogen) atoms. The molecule has 8 nitrogen and oxygen atoms in total. The summed E-state index contributed by atoms with van der Waals surface area (Å²) in [4.78, 5) is 20.6. The molecule has 0 bridgehead atoms. The molecule has 204 valence electrons. The van der Waals surface area contributed by atoms with E-state index in [1.165, 1.54) is 32.4 Å². The zero-order valence-electron chi connectivity index (χ0n) is 22.3. The Labute approximate surface area is 235 Å². The van der Waals surface area contributed by atoms with E-state index in [0.29, 0.717) is 12.5 Å². The summed E-state index contributed by atoms with van der Waals surface area (Å²) in [7, 11) is 1.69. The summed E-state index contributed by atoms with van der Waals surface area (Å²) in [5, 5.41) is 0.987. The first-order valence-corrected chi connectivity index (χ1v) is 15.1. The number of thiocarbonyl (C=S) groups is 1. The van der Waals surface area contributed by atoms with E-state index in [4.69, 9.17) is 21.7 Å². The third-order valence-corrected chi connectivity index (χ3v) is 9.15. The summed E-state index contributed by atoms with van der Waals surface area (Å²) < 4.78 is 12.9. The van der Waals surface area contributed by atoms with Gasteiger partial charge >= 0.3 is 0 Å². The monoisotopic (exact) mass is 554 g/mol. The third-order valence-electron chi connectivity index (χ3n) is 7.44. The van der Waals surface area contributed by atoms with Gasteiger partial charge in [-0.2, -0.15) is 0 Å². The van der Waals surface area contributed by atoms with Crippen molar-refractivity contribution in [2.24, 2.45) is 10.9 Å². The number of hydrogen-bond acceptors (Lipinski definition) is 9. The Morgan fingerprint density at radius 1 is 1.05 bits per heavy atom. The second kappa shape index (κ2) is 13.6. The quantitative estimate of drug-likeness (QED) is 0.326. The van der Waals surface area contributed by atoms with Crippen LogP contribution in [0.25, 0.3) is 10.9 Å². The van der Waals surface area contributed by atoms with Gasteiger partial charge in [-0.15, -0.1) is 0 Å². The Morgan fingerprint density at radius 3 is 2.66 bits per heavy atom. The first kappa shape index (κ1) is 27.1. The highest BCUT2D eigenvalue weighted by Gasteiger charge is 2.23. The topological polar surface area (TPSA) is 66.3 Å². The minimum atomic E-state index is 0.516. The summed E-state index contributed by atoms with van der Waals surface area (Å²) in [6, 6.07) is 4.02. The summed E-state index contributed by atoms with van der Waals surface area (Å²) in [6.07, 6.45) is 13.7. The van der Waals surface area contributed by atoms with Gasteiger partial charge < -0.3 is 24.2 Å². The summed E-state index contributed by atoms with van der Waals surface area (Å²) in [5.74, 6) is 3.93. The molecule has 3 aliphatic heterocycles. The number of ether oxygens (including phenoxy) is 2. The van der Waals surface area contributed by atoms with Gasteiger partial charge in [0, 0.05) is 62.3 Å². The normalized spacial score (nSPS) is 20.2. The average molecular weight is 555 g/mol. The van der Waals surface area contributed by atoms with Gasteiger partial charge in [0.05, 0.1) is 19.2 Å². The van der Waals surface area contributed by atoms with Gasteiger partial charge in [0.2, 0.25) is 0 Å². The molecule has 10 heteroatoms. The van der Waals surface area contributed by atoms with Crippen LogP contribution in [0.3, 0.4) is 0 Å². The van der Waals surface area contributed by atoms with Crippen molar-refractivity contribution in [3.05, 3.63) is 30.7 Å². The Balaban J connectivity index is 1.17. The predicted molar refractivity (Wildman–Crippen MR) is 161 cm³/mol. The minimum absolute atomic E-state index is 0.516. The Morgan fingerprint density at radius 2 is 1.89 bits per heavy atom. The molecule has 3 aliphatic rings. The van der Waals surface area contributed by atoms with Crippen molar-refractivity contribution in [2.45, 2.75) is 32.1 Å². The van der Waals surface area contributed by atoms with Crippen molar-refractivity contribution >= 4 is 51.2 Å². The second-order valence-electron chi connectivity index (χ2n) is 10.0. The van der Waals surface area contributed by atoms with Crippen LogP contribution in [0.5, 0.6) is 11.5 Å². The van der Waals surface area contributed by atoms with E-state index in [2.05, 4.69) is 35.7 Å². The van der Waals surface area contributed by atoms with Gasteiger partial charge in [0.1, 0.15) is 16.5 Å². The van der Waals surface area contributed by atoms with E-state index in [-0.39, 0.29) is 0 Å². The maximum Gasteiger partial charge on any atom is 0.163 e. The number of piperazine rings is 1. The van der Waals surface area contributed by atoms with E-state index in [9.17, 15) is 0 Å². The van der Waals surface area contributed by atoms with Gasteiger partial charge in [0.25, 0.3) is 0 Å². The average Bonchev–Trinajstić information content (AvgIpc) is 2.98. The van der Waals surface area contributed by atoms with Crippen LogP contribution in [-0.4, -0.2) is 95.6 Å². The number of thioether (sulfide) groups is 1. The SMILES string of the molecule is COc1cc2c(N3CCN(C(=S)SCC4C=CN=CC4)CC3)ncnc2cc1OCCCN1CCCCC1. The molecular weight excluding hydrogens is 516 g/mol. The van der Waals surface area contributed by atoms with Crippen molar-refractivity contribution in [1.29, 1.82) is 0 Å². The molecule has 0 saturated carbocycles. The number of aliphatic imine (C=N–C) groups is 1. The maximum atomic E-state index is 6.16. The summed E-state index contributed by atoms with van der Waals surface area (Å²) in [5.41, 5.74) is 0.874. The van der Waals surface area contributed by atoms with Crippen molar-refractivity contribution < 1.29 is 9.47 Å². The van der Waals surface area contributed by atoms with E-state index >= 15 is 0 Å². The first-order chi connectivity index (χ1) is 18.7. The van der Waals surface area contributed by atoms with Crippen molar-refractivity contribution in [1.82, 2.24) is 19.8 Å². The number of methoxy groups -OCH3 is 1. The maximum absolute atomic E-state index is 6.16. The van der Waals surface area contributed by atoms with E-state index < -0.39 is 0 Å². The molecule has 1 atom stereocenters. The number of piperidine rings is 1. The van der Waals surface area contributed by atoms with Gasteiger partial charge in [-0.25, -0.2) is 9.97 Å². The zero-order chi connectivity index (χ0) is 26.2. The number of rotatable bonds is 9. The van der Waals surface area contributed by atoms with Crippen molar-refractivity contribution in [3.8, 4) is 11.5 Å². The largest absolute Gasteiger partial charge is 0.493 e. The highest BCUT2D eigenvalue weighted by atomic mass is 32.2. The molecule has 0 N–H and O–H groups in total. The molecule has 0 spiro atoms. The summed E-state index contributed by atoms with van der Waals surface area (Å²) >= 11 is 7.54. The predicted octanol–water partition coefficient (Wildman–Crippen LogP) is 4.64. The number of anilines is 1. The number of allylic oxidation sites excluding steroid dienone is 1. The molecule has 0 aliphatic carbocycles. The molecule has 2 fully saturated rings. The Kier molecular flexibility index (Phi) is 9.70. The molecule has 0 amide bonds. The van der Waals surface area contributed by atoms with Crippen LogP contribution in [0.1, 0.15) is 32.1 Å². The standard InChI is InChI=1S/C28H38N6O2S2/c1-35-25-18-23-24(19-26(25)36-17-5-12-32-10-3-2-4-11-32)30-21-31-27(23)33-13-15-34(16-14-33)28(37)38-20-22-6-8-29-9-7-22/h6,8-9,18-19,21-22H,2-5,7,10-17,20H2,1H3. The fraction of sp³-hybridized carbons (Fsp3) is 0.571. The van der Waals surface area contributed by atoms with Gasteiger partial charge in [-0.1, -0.05) is 36.5 Å². The molecule has 2 aromatic rings. The molecule has 2 saturated heterocycles. The third kappa shape index (κ3) is 6.95. The summed E-state index contributed by atoms with van der Waals surface area (Å²) in [6.45, 7) is 7.67. The van der Waals surface area contributed by atoms with Gasteiger partial charge in [-0.3, -0.25) is 4.99 Å². The van der Waals surface area contributed by atoms with Gasteiger partial charge in [0.15, 0.2) is 11.5 Å². The van der Waals surface area contributed by atoms with Crippen LogP contribution < -0.4 is 14.4 Å². The zero-order valence-corrected chi connectivity index (χ0v) is 23.9. The van der Waals surface area contributed by atoms with Crippen molar-refractivity contribution in [3.63, 3.8) is 0 Å². The Hall–Kier alpha value is -2.43. The van der Waals surface area contributed by atoms with Crippen LogP contribution in [-0.2, 0) is 0 Å². The van der Waals surface area contributed by atoms with Crippen LogP contribution >= 0.6 is 24.0 Å². The fourth-order valence-corrected chi connectivity index (χ4v) is 6.58. The van der Waals surface area contributed by atoms with Gasteiger partial charge in [-0.05, 0) is 50.8 Å². The van der Waals surface area contributed by atoms with E-state index in [1.807, 2.05) is 24.5 Å². The van der Waals surface area contributed by atoms with Crippen LogP contribution in [0.15, 0.2) is 35.7 Å². The molecule has 1 aromatic heterocycles. The number of benzene rings is 1. The number of likely N-dealkylation sites (tertiary alicyclic amines) is 1. The van der Waals surface area contributed by atoms with Crippen LogP contribution in [0, 0.1) is 5.92 Å². The lowest BCUT2D eigenvalue weighted by molar-refractivity contribution is 0.203. The van der Waals surface area contributed by atoms with E-state index in [1.54, 1.807) is 25.2 Å². The van der Waals surface area contributed by atoms with Crippen molar-refractivity contribution in [2.75, 3.05) is 70.2 Å². The number of aromatic nitrogens is 2. The molecule has 1 unspecified atom stereocenters. The second-order valence-corrected chi connectivity index (χ2v) is 11.7. The highest BCUT2D eigenvalue weighted by Crippen LogP contribution is 2.35. The molecule has 4 heterocycles. The molecule has 1 aromatic carbocycles. The lowest BCUT2D eigenvalue weighted by Crippen LogP contribution is -2.48. The highest BCUT2D eigenvalue weighted by molar-refractivity contribution is 8.22. The Bertz CT molecular complexity index is 1150. The number of nitrogens with zero attached hydrogens (tertiary/aromatic N) is 6. The van der Waals surface area contributed by atoms with Crippen LogP contribution in [0.4, 0.5) is 5.82 Å². The fourth-order valence-electron chi connectivity index (χ4n) is 5.23. The first-order valence-electron chi connectivity index (χ1n) is 13.7. The lowest BCUT2D eigenvalue weighted by Gasteiger charge is -2.37. The minimum Gasteiger partial charge on any atom is -0.493 e. The lowest BCUT2D eigenvalue weighted by atomic mass is 10.1. The van der Waals surface area contributed by atoms with E-state index in [0.717, 1.165) is 83.9 Å². The molecule has 5 rings (SSSR count). The molecular formula is C28H38N6O2S2. The number of fused-ring (bicyclic) bond motifs is 1.